The quantitative estimate of drug-likeness (QED) is 0.762. The predicted molar refractivity (Wildman–Crippen MR) is 99.3 cm³/mol. The summed E-state index contributed by atoms with van der Waals surface area (Å²) in [4.78, 5) is 12.9. The molecular weight excluding hydrogens is 330 g/mol. The van der Waals surface area contributed by atoms with Crippen molar-refractivity contribution in [3.8, 4) is 0 Å². The van der Waals surface area contributed by atoms with Crippen molar-refractivity contribution in [2.75, 3.05) is 26.2 Å². The lowest BCUT2D eigenvalue weighted by atomic mass is 10.0. The number of ether oxygens (including phenoxy) is 2. The highest BCUT2D eigenvalue weighted by Crippen LogP contribution is 2.25. The van der Waals surface area contributed by atoms with Crippen molar-refractivity contribution in [3.05, 3.63) is 71.8 Å². The zero-order valence-electron chi connectivity index (χ0n) is 14.8. The van der Waals surface area contributed by atoms with Crippen LogP contribution < -0.4 is 0 Å². The number of piperidine rings is 1. The lowest BCUT2D eigenvalue weighted by molar-refractivity contribution is 0.000382. The van der Waals surface area contributed by atoms with Gasteiger partial charge in [-0.25, -0.2) is 4.79 Å². The molecule has 0 bridgehead atoms. The molecule has 1 fully saturated rings. The Kier molecular flexibility index (Phi) is 6.63. The van der Waals surface area contributed by atoms with Crippen LogP contribution in [0.15, 0.2) is 60.7 Å². The average Bonchev–Trinajstić information content (AvgIpc) is 2.66. The highest BCUT2D eigenvalue weighted by atomic mass is 16.7. The van der Waals surface area contributed by atoms with Gasteiger partial charge in [0.25, 0.3) is 0 Å². The Hall–Kier alpha value is -2.37. The van der Waals surface area contributed by atoms with Crippen LogP contribution in [0.3, 0.4) is 0 Å². The van der Waals surface area contributed by atoms with Crippen molar-refractivity contribution in [2.24, 2.45) is 0 Å². The van der Waals surface area contributed by atoms with Crippen molar-refractivity contribution in [3.63, 3.8) is 0 Å². The van der Waals surface area contributed by atoms with E-state index in [-0.39, 0.29) is 12.2 Å². The molecule has 1 unspecified atom stereocenters. The van der Waals surface area contributed by atoms with Crippen molar-refractivity contribution in [1.29, 1.82) is 0 Å². The number of benzene rings is 2. The SMILES string of the molecule is O=C(O)OC1CCCN(CCOC(c2ccccc2)c2ccccc2)C1. The van der Waals surface area contributed by atoms with Gasteiger partial charge in [0, 0.05) is 13.1 Å². The van der Waals surface area contributed by atoms with Crippen LogP contribution >= 0.6 is 0 Å². The summed E-state index contributed by atoms with van der Waals surface area (Å²) in [6, 6.07) is 20.4. The summed E-state index contributed by atoms with van der Waals surface area (Å²) in [5.74, 6) is 0. The minimum atomic E-state index is -1.19. The van der Waals surface area contributed by atoms with Crippen molar-refractivity contribution in [1.82, 2.24) is 4.90 Å². The van der Waals surface area contributed by atoms with Crippen LogP contribution in [-0.2, 0) is 9.47 Å². The third kappa shape index (κ3) is 5.31. The third-order valence-corrected chi connectivity index (χ3v) is 4.63. The fraction of sp³-hybridized carbons (Fsp3) is 0.381. The van der Waals surface area contributed by atoms with E-state index >= 15 is 0 Å². The number of hydrogen-bond acceptors (Lipinski definition) is 4. The number of nitrogens with zero attached hydrogens (tertiary/aromatic N) is 1. The summed E-state index contributed by atoms with van der Waals surface area (Å²) < 4.78 is 11.2. The summed E-state index contributed by atoms with van der Waals surface area (Å²) in [5.41, 5.74) is 2.26. The minimum absolute atomic E-state index is 0.103. The Morgan fingerprint density at radius 3 is 2.27 bits per heavy atom. The molecule has 1 aliphatic heterocycles. The molecule has 2 aromatic rings. The number of carbonyl (C=O) groups is 1. The minimum Gasteiger partial charge on any atom is -0.450 e. The maximum absolute atomic E-state index is 10.7. The van der Waals surface area contributed by atoms with Gasteiger partial charge >= 0.3 is 6.16 Å². The summed E-state index contributed by atoms with van der Waals surface area (Å²) in [6.07, 6.45) is 0.203. The van der Waals surface area contributed by atoms with E-state index in [9.17, 15) is 4.79 Å². The van der Waals surface area contributed by atoms with Gasteiger partial charge in [0.1, 0.15) is 12.2 Å². The maximum atomic E-state index is 10.7. The van der Waals surface area contributed by atoms with Crippen LogP contribution in [0.2, 0.25) is 0 Å². The first-order valence-electron chi connectivity index (χ1n) is 9.06. The topological polar surface area (TPSA) is 59.0 Å². The largest absolute Gasteiger partial charge is 0.506 e. The van der Waals surface area contributed by atoms with E-state index in [2.05, 4.69) is 29.2 Å². The van der Waals surface area contributed by atoms with E-state index < -0.39 is 6.16 Å². The molecule has 1 saturated heterocycles. The summed E-state index contributed by atoms with van der Waals surface area (Å²) in [7, 11) is 0. The second-order valence-electron chi connectivity index (χ2n) is 6.52. The molecule has 1 atom stereocenters. The van der Waals surface area contributed by atoms with Gasteiger partial charge in [0.15, 0.2) is 0 Å². The van der Waals surface area contributed by atoms with Crippen LogP contribution in [0.5, 0.6) is 0 Å². The Balaban J connectivity index is 1.57. The van der Waals surface area contributed by atoms with E-state index in [1.165, 1.54) is 0 Å². The molecule has 0 spiro atoms. The smallest absolute Gasteiger partial charge is 0.450 e. The molecule has 0 aliphatic carbocycles. The van der Waals surface area contributed by atoms with Crippen molar-refractivity contribution in [2.45, 2.75) is 25.0 Å². The summed E-state index contributed by atoms with van der Waals surface area (Å²) in [6.45, 7) is 2.92. The van der Waals surface area contributed by atoms with Crippen LogP contribution in [-0.4, -0.2) is 48.5 Å². The second kappa shape index (κ2) is 9.36. The van der Waals surface area contributed by atoms with Crippen LogP contribution in [0.25, 0.3) is 0 Å². The molecule has 0 saturated carbocycles. The lowest BCUT2D eigenvalue weighted by Gasteiger charge is -2.32. The first-order valence-corrected chi connectivity index (χ1v) is 9.06. The van der Waals surface area contributed by atoms with Gasteiger partial charge in [-0.2, -0.15) is 0 Å². The third-order valence-electron chi connectivity index (χ3n) is 4.63. The fourth-order valence-corrected chi connectivity index (χ4v) is 3.40. The highest BCUT2D eigenvalue weighted by molar-refractivity contribution is 5.57. The number of carboxylic acid groups (broad SMARTS) is 1. The molecule has 5 heteroatoms. The van der Waals surface area contributed by atoms with Crippen LogP contribution in [0.4, 0.5) is 4.79 Å². The number of likely N-dealkylation sites (tertiary alicyclic amines) is 1. The molecule has 26 heavy (non-hydrogen) atoms. The van der Waals surface area contributed by atoms with E-state index in [0.29, 0.717) is 13.2 Å². The first kappa shape index (κ1) is 18.4. The molecule has 0 aromatic heterocycles. The molecule has 1 N–H and O–H groups in total. The highest BCUT2D eigenvalue weighted by Gasteiger charge is 2.23. The molecule has 1 heterocycles. The van der Waals surface area contributed by atoms with E-state index in [1.807, 2.05) is 36.4 Å². The van der Waals surface area contributed by atoms with Gasteiger partial charge in [-0.3, -0.25) is 4.90 Å². The van der Waals surface area contributed by atoms with Crippen molar-refractivity contribution >= 4 is 6.16 Å². The van der Waals surface area contributed by atoms with Gasteiger partial charge in [-0.1, -0.05) is 60.7 Å². The van der Waals surface area contributed by atoms with Gasteiger partial charge in [-0.15, -0.1) is 0 Å². The molecular formula is C21H25NO4. The lowest BCUT2D eigenvalue weighted by Crippen LogP contribution is -2.42. The van der Waals surface area contributed by atoms with E-state index in [4.69, 9.17) is 14.6 Å². The Morgan fingerprint density at radius 2 is 1.69 bits per heavy atom. The van der Waals surface area contributed by atoms with Gasteiger partial charge in [-0.05, 0) is 30.5 Å². The predicted octanol–water partition coefficient (Wildman–Crippen LogP) is 3.95. The molecule has 0 radical (unpaired) electrons. The molecule has 2 aromatic carbocycles. The standard InChI is InChI=1S/C21H25NO4/c23-21(24)26-19-12-7-13-22(16-19)14-15-25-20(17-8-3-1-4-9-17)18-10-5-2-6-11-18/h1-6,8-11,19-20H,7,12-16H2,(H,23,24). The fourth-order valence-electron chi connectivity index (χ4n) is 3.40. The number of hydrogen-bond donors (Lipinski definition) is 1. The van der Waals surface area contributed by atoms with E-state index in [1.54, 1.807) is 0 Å². The molecule has 138 valence electrons. The van der Waals surface area contributed by atoms with Gasteiger partial charge in [0.2, 0.25) is 0 Å². The Labute approximate surface area is 154 Å². The Morgan fingerprint density at radius 1 is 1.08 bits per heavy atom. The normalized spacial score (nSPS) is 18.0. The van der Waals surface area contributed by atoms with Gasteiger partial charge in [0.05, 0.1) is 6.61 Å². The maximum Gasteiger partial charge on any atom is 0.506 e. The first-order chi connectivity index (χ1) is 12.7. The Bertz CT molecular complexity index is 637. The number of rotatable bonds is 7. The van der Waals surface area contributed by atoms with Crippen molar-refractivity contribution < 1.29 is 19.4 Å². The molecule has 1 aliphatic rings. The summed E-state index contributed by atoms with van der Waals surface area (Å²) in [5, 5.41) is 8.79. The average molecular weight is 355 g/mol. The monoisotopic (exact) mass is 355 g/mol. The zero-order chi connectivity index (χ0) is 18.2. The molecule has 5 nitrogen and oxygen atoms in total. The van der Waals surface area contributed by atoms with Gasteiger partial charge < -0.3 is 14.6 Å². The van der Waals surface area contributed by atoms with E-state index in [0.717, 1.165) is 37.1 Å². The van der Waals surface area contributed by atoms with Crippen LogP contribution in [0, 0.1) is 0 Å². The zero-order valence-corrected chi connectivity index (χ0v) is 14.8. The second-order valence-corrected chi connectivity index (χ2v) is 6.52. The molecule has 3 rings (SSSR count). The summed E-state index contributed by atoms with van der Waals surface area (Å²) >= 11 is 0. The molecule has 0 amide bonds. The van der Waals surface area contributed by atoms with Crippen LogP contribution in [0.1, 0.15) is 30.1 Å².